The topological polar surface area (TPSA) is 121 Å². The zero-order valence-electron chi connectivity index (χ0n) is 17.1. The maximum Gasteiger partial charge on any atom is 0.223 e. The summed E-state index contributed by atoms with van der Waals surface area (Å²) in [6, 6.07) is 4.78. The SMILES string of the molecule is Cc1nc(C(C)(C)N)cnc1[C@H]1C[C@H](c2nc3c4cccc(F)c4nc(N)n3n2)C1. The first-order valence-corrected chi connectivity index (χ1v) is 9.95. The van der Waals surface area contributed by atoms with Gasteiger partial charge in [0, 0.05) is 17.2 Å². The fourth-order valence-corrected chi connectivity index (χ4v) is 4.06. The summed E-state index contributed by atoms with van der Waals surface area (Å²) in [5.74, 6) is 0.882. The van der Waals surface area contributed by atoms with E-state index >= 15 is 0 Å². The molecule has 1 fully saturated rings. The molecule has 154 valence electrons. The number of rotatable bonds is 3. The van der Waals surface area contributed by atoms with Gasteiger partial charge in [-0.15, -0.1) is 5.10 Å². The Bertz CT molecular complexity index is 1280. The van der Waals surface area contributed by atoms with Gasteiger partial charge in [-0.3, -0.25) is 9.97 Å². The Morgan fingerprint density at radius 3 is 2.60 bits per heavy atom. The van der Waals surface area contributed by atoms with Crippen LogP contribution in [-0.4, -0.2) is 29.5 Å². The molecule has 0 radical (unpaired) electrons. The average Bonchev–Trinajstić information content (AvgIpc) is 3.08. The van der Waals surface area contributed by atoms with E-state index in [-0.39, 0.29) is 17.4 Å². The van der Waals surface area contributed by atoms with E-state index in [0.29, 0.717) is 22.8 Å². The summed E-state index contributed by atoms with van der Waals surface area (Å²) in [7, 11) is 0. The van der Waals surface area contributed by atoms with Gasteiger partial charge in [0.15, 0.2) is 11.5 Å². The molecule has 8 nitrogen and oxygen atoms in total. The lowest BCUT2D eigenvalue weighted by molar-refractivity contribution is 0.329. The second kappa shape index (κ2) is 6.40. The average molecular weight is 406 g/mol. The predicted molar refractivity (Wildman–Crippen MR) is 111 cm³/mol. The van der Waals surface area contributed by atoms with Gasteiger partial charge in [0.2, 0.25) is 5.95 Å². The maximum atomic E-state index is 14.1. The van der Waals surface area contributed by atoms with Gasteiger partial charge in [0.25, 0.3) is 0 Å². The van der Waals surface area contributed by atoms with E-state index < -0.39 is 11.4 Å². The van der Waals surface area contributed by atoms with Crippen LogP contribution in [0.1, 0.15) is 61.4 Å². The molecule has 0 aliphatic heterocycles. The Hall–Kier alpha value is -3.20. The van der Waals surface area contributed by atoms with Gasteiger partial charge < -0.3 is 11.5 Å². The van der Waals surface area contributed by atoms with Crippen LogP contribution in [0, 0.1) is 12.7 Å². The molecule has 1 aliphatic rings. The van der Waals surface area contributed by atoms with Crippen molar-refractivity contribution in [2.45, 2.75) is 51.0 Å². The molecule has 0 bridgehead atoms. The zero-order chi connectivity index (χ0) is 21.2. The van der Waals surface area contributed by atoms with E-state index in [9.17, 15) is 4.39 Å². The highest BCUT2D eigenvalue weighted by atomic mass is 19.1. The van der Waals surface area contributed by atoms with E-state index in [0.717, 1.165) is 29.9 Å². The Morgan fingerprint density at radius 1 is 1.13 bits per heavy atom. The molecule has 1 saturated carbocycles. The van der Waals surface area contributed by atoms with Gasteiger partial charge in [0.05, 0.1) is 28.8 Å². The lowest BCUT2D eigenvalue weighted by Gasteiger charge is -2.33. The lowest BCUT2D eigenvalue weighted by atomic mass is 9.72. The van der Waals surface area contributed by atoms with Crippen LogP contribution in [-0.2, 0) is 5.54 Å². The van der Waals surface area contributed by atoms with E-state index in [2.05, 4.69) is 25.0 Å². The van der Waals surface area contributed by atoms with Crippen LogP contribution in [0.5, 0.6) is 0 Å². The lowest BCUT2D eigenvalue weighted by Crippen LogP contribution is -2.31. The van der Waals surface area contributed by atoms with Crippen molar-refractivity contribution < 1.29 is 4.39 Å². The van der Waals surface area contributed by atoms with Gasteiger partial charge >= 0.3 is 0 Å². The Morgan fingerprint density at radius 2 is 1.90 bits per heavy atom. The molecule has 0 saturated heterocycles. The molecular formula is C21H23FN8. The first-order chi connectivity index (χ1) is 14.2. The number of nitrogens with two attached hydrogens (primary N) is 2. The third-order valence-corrected chi connectivity index (χ3v) is 5.83. The van der Waals surface area contributed by atoms with Crippen LogP contribution in [0.2, 0.25) is 0 Å². The normalized spacial score (nSPS) is 19.4. The van der Waals surface area contributed by atoms with E-state index in [1.165, 1.54) is 10.6 Å². The molecule has 1 aliphatic carbocycles. The highest BCUT2D eigenvalue weighted by Gasteiger charge is 2.36. The molecule has 5 rings (SSSR count). The molecule has 3 aromatic heterocycles. The Labute approximate surface area is 172 Å². The van der Waals surface area contributed by atoms with Crippen molar-refractivity contribution >= 4 is 22.5 Å². The number of nitrogens with zero attached hydrogens (tertiary/aromatic N) is 6. The van der Waals surface area contributed by atoms with Crippen LogP contribution >= 0.6 is 0 Å². The molecule has 4 N–H and O–H groups in total. The summed E-state index contributed by atoms with van der Waals surface area (Å²) < 4.78 is 15.6. The number of nitrogen functional groups attached to an aromatic ring is 1. The highest BCUT2D eigenvalue weighted by Crippen LogP contribution is 2.46. The molecule has 0 spiro atoms. The van der Waals surface area contributed by atoms with Crippen LogP contribution in [0.25, 0.3) is 16.6 Å². The number of hydrogen-bond donors (Lipinski definition) is 2. The molecule has 30 heavy (non-hydrogen) atoms. The van der Waals surface area contributed by atoms with Crippen molar-refractivity contribution in [3.63, 3.8) is 0 Å². The summed E-state index contributed by atoms with van der Waals surface area (Å²) in [5.41, 5.74) is 15.0. The molecule has 3 heterocycles. The largest absolute Gasteiger partial charge is 0.368 e. The Balaban J connectivity index is 1.43. The molecule has 0 amide bonds. The number of para-hydroxylation sites is 1. The number of aryl methyl sites for hydroxylation is 1. The molecular weight excluding hydrogens is 383 g/mol. The van der Waals surface area contributed by atoms with Crippen LogP contribution in [0.15, 0.2) is 24.4 Å². The van der Waals surface area contributed by atoms with Crippen molar-refractivity contribution in [1.82, 2.24) is 29.5 Å². The third kappa shape index (κ3) is 2.88. The van der Waals surface area contributed by atoms with Crippen LogP contribution in [0.3, 0.4) is 0 Å². The van der Waals surface area contributed by atoms with Gasteiger partial charge in [0.1, 0.15) is 11.3 Å². The first kappa shape index (κ1) is 18.8. The van der Waals surface area contributed by atoms with Crippen molar-refractivity contribution in [2.75, 3.05) is 5.73 Å². The molecule has 1 aromatic carbocycles. The summed E-state index contributed by atoms with van der Waals surface area (Å²) >= 11 is 0. The molecule has 0 unspecified atom stereocenters. The maximum absolute atomic E-state index is 14.1. The highest BCUT2D eigenvalue weighted by molar-refractivity contribution is 5.92. The molecule has 9 heteroatoms. The number of fused-ring (bicyclic) bond motifs is 3. The number of halogens is 1. The number of hydrogen-bond acceptors (Lipinski definition) is 7. The van der Waals surface area contributed by atoms with E-state index in [4.69, 9.17) is 11.5 Å². The second-order valence-electron chi connectivity index (χ2n) is 8.62. The number of anilines is 1. The van der Waals surface area contributed by atoms with Crippen molar-refractivity contribution in [3.8, 4) is 0 Å². The monoisotopic (exact) mass is 406 g/mol. The van der Waals surface area contributed by atoms with Crippen LogP contribution in [0.4, 0.5) is 10.3 Å². The van der Waals surface area contributed by atoms with Crippen molar-refractivity contribution in [3.05, 3.63) is 53.1 Å². The summed E-state index contributed by atoms with van der Waals surface area (Å²) in [6.45, 7) is 5.81. The summed E-state index contributed by atoms with van der Waals surface area (Å²) in [6.07, 6.45) is 3.51. The number of benzene rings is 1. The molecule has 4 aromatic rings. The third-order valence-electron chi connectivity index (χ3n) is 5.83. The van der Waals surface area contributed by atoms with E-state index in [1.54, 1.807) is 18.3 Å². The van der Waals surface area contributed by atoms with Crippen molar-refractivity contribution in [1.29, 1.82) is 0 Å². The smallest absolute Gasteiger partial charge is 0.223 e. The van der Waals surface area contributed by atoms with Gasteiger partial charge in [-0.1, -0.05) is 6.07 Å². The zero-order valence-corrected chi connectivity index (χ0v) is 17.1. The predicted octanol–water partition coefficient (Wildman–Crippen LogP) is 2.95. The fourth-order valence-electron chi connectivity index (χ4n) is 4.06. The van der Waals surface area contributed by atoms with Crippen LogP contribution < -0.4 is 11.5 Å². The quantitative estimate of drug-likeness (QED) is 0.536. The fraction of sp³-hybridized carbons (Fsp3) is 0.381. The van der Waals surface area contributed by atoms with Crippen molar-refractivity contribution in [2.24, 2.45) is 5.73 Å². The minimum Gasteiger partial charge on any atom is -0.368 e. The summed E-state index contributed by atoms with van der Waals surface area (Å²) in [5, 5.41) is 5.15. The number of aromatic nitrogens is 6. The standard InChI is InChI=1S/C21H23FN8/c1-10-16(25-9-15(26-10)21(2,3)24)11-7-12(8-11)18-28-19-13-5-4-6-14(22)17(13)27-20(23)30(19)29-18/h4-6,9,11-12H,7-8,24H2,1-3H3,(H2,23,27)/t11-,12-. The van der Waals surface area contributed by atoms with Gasteiger partial charge in [-0.2, -0.15) is 4.52 Å². The van der Waals surface area contributed by atoms with Gasteiger partial charge in [-0.25, -0.2) is 14.4 Å². The van der Waals surface area contributed by atoms with E-state index in [1.807, 2.05) is 20.8 Å². The summed E-state index contributed by atoms with van der Waals surface area (Å²) in [4.78, 5) is 18.1. The minimum absolute atomic E-state index is 0.124. The first-order valence-electron chi connectivity index (χ1n) is 9.95. The van der Waals surface area contributed by atoms with Gasteiger partial charge in [-0.05, 0) is 45.7 Å². The second-order valence-corrected chi connectivity index (χ2v) is 8.62. The Kier molecular flexibility index (Phi) is 4.01. The minimum atomic E-state index is -0.519. The molecule has 0 atom stereocenters.